The molecule has 1 aromatic carbocycles. The number of benzene rings is 1. The van der Waals surface area contributed by atoms with Gasteiger partial charge >= 0.3 is 13.5 Å². The Morgan fingerprint density at radius 1 is 1.30 bits per heavy atom. The Balaban J connectivity index is 2.74. The fourth-order valence-corrected chi connectivity index (χ4v) is 3.74. The van der Waals surface area contributed by atoms with Gasteiger partial charge in [0.1, 0.15) is 11.8 Å². The maximum absolute atomic E-state index is 13.1. The van der Waals surface area contributed by atoms with Gasteiger partial charge in [-0.3, -0.25) is 9.36 Å². The summed E-state index contributed by atoms with van der Waals surface area (Å²) >= 11 is 0. The van der Waals surface area contributed by atoms with Gasteiger partial charge in [-0.15, -0.1) is 0 Å². The van der Waals surface area contributed by atoms with E-state index in [-0.39, 0.29) is 12.8 Å². The van der Waals surface area contributed by atoms with E-state index in [0.29, 0.717) is 25.4 Å². The number of rotatable bonds is 11. The average Bonchev–Trinajstić information content (AvgIpc) is 2.52. The number of carbonyl (C=O) groups is 1. The maximum Gasteiger partial charge on any atom is 0.323 e. The molecule has 2 atom stereocenters. The summed E-state index contributed by atoms with van der Waals surface area (Å²) in [5.41, 5.74) is 5.42. The minimum Gasteiger partial charge on any atom is -0.465 e. The van der Waals surface area contributed by atoms with Crippen molar-refractivity contribution in [1.29, 1.82) is 0 Å². The van der Waals surface area contributed by atoms with Crippen molar-refractivity contribution >= 4 is 13.5 Å². The fraction of sp³-hybridized carbons (Fsp3) is 0.533. The molecule has 0 bridgehead atoms. The van der Waals surface area contributed by atoms with Crippen LogP contribution >= 0.6 is 7.52 Å². The average molecular weight is 343 g/mol. The predicted molar refractivity (Wildman–Crippen MR) is 90.7 cm³/mol. The van der Waals surface area contributed by atoms with Crippen molar-refractivity contribution in [3.8, 4) is 5.75 Å². The number of hydrogen-bond donors (Lipinski definition) is 3. The highest BCUT2D eigenvalue weighted by molar-refractivity contribution is 7.57. The molecule has 0 spiro atoms. The van der Waals surface area contributed by atoms with Crippen molar-refractivity contribution in [2.45, 2.75) is 19.9 Å². The second-order valence-electron chi connectivity index (χ2n) is 4.94. The Morgan fingerprint density at radius 2 is 2.00 bits per heavy atom. The molecule has 1 rings (SSSR count). The van der Waals surface area contributed by atoms with E-state index in [1.165, 1.54) is 0 Å². The fourth-order valence-electron chi connectivity index (χ4n) is 1.86. The van der Waals surface area contributed by atoms with Crippen LogP contribution < -0.4 is 20.7 Å². The lowest BCUT2D eigenvalue weighted by Gasteiger charge is -2.23. The predicted octanol–water partition coefficient (Wildman–Crippen LogP) is 1.35. The zero-order valence-corrected chi connectivity index (χ0v) is 14.6. The van der Waals surface area contributed by atoms with Gasteiger partial charge in [0.25, 0.3) is 0 Å². The van der Waals surface area contributed by atoms with Crippen LogP contribution in [0.3, 0.4) is 0 Å². The van der Waals surface area contributed by atoms with E-state index < -0.39 is 19.5 Å². The summed E-state index contributed by atoms with van der Waals surface area (Å²) in [5.74, 6) is 0.0255. The number of carbonyl (C=O) groups excluding carboxylic acids is 1. The van der Waals surface area contributed by atoms with Gasteiger partial charge in [0.2, 0.25) is 0 Å². The minimum absolute atomic E-state index is 0.228. The molecule has 0 fully saturated rings. The first-order valence-corrected chi connectivity index (χ1v) is 9.50. The molecule has 4 N–H and O–H groups in total. The van der Waals surface area contributed by atoms with Gasteiger partial charge in [0.15, 0.2) is 0 Å². The second-order valence-corrected chi connectivity index (χ2v) is 7.18. The van der Waals surface area contributed by atoms with Crippen molar-refractivity contribution in [2.24, 2.45) is 5.73 Å². The molecule has 1 unspecified atom stereocenters. The zero-order valence-electron chi connectivity index (χ0n) is 13.7. The van der Waals surface area contributed by atoms with Gasteiger partial charge < -0.3 is 20.3 Å². The molecule has 0 radical (unpaired) electrons. The second kappa shape index (κ2) is 10.4. The normalized spacial score (nSPS) is 14.7. The molecule has 8 heteroatoms. The Labute approximate surface area is 137 Å². The van der Waals surface area contributed by atoms with Gasteiger partial charge in [-0.1, -0.05) is 18.2 Å². The molecule has 0 aliphatic heterocycles. The smallest absolute Gasteiger partial charge is 0.323 e. The van der Waals surface area contributed by atoms with Crippen LogP contribution in [0.25, 0.3) is 0 Å². The lowest BCUT2D eigenvalue weighted by atomic mass is 10.3. The summed E-state index contributed by atoms with van der Waals surface area (Å²) in [6.45, 7) is 5.18. The van der Waals surface area contributed by atoms with Gasteiger partial charge in [0, 0.05) is 19.6 Å². The molecule has 23 heavy (non-hydrogen) atoms. The molecule has 0 aromatic heterocycles. The van der Waals surface area contributed by atoms with Crippen molar-refractivity contribution < 1.29 is 18.6 Å². The Kier molecular flexibility index (Phi) is 8.87. The SMILES string of the molecule is CCOC(=O)[C@H](C)NP(=O)(CCNCCN)Oc1ccccc1. The highest BCUT2D eigenvalue weighted by Crippen LogP contribution is 2.43. The molecular weight excluding hydrogens is 317 g/mol. The highest BCUT2D eigenvalue weighted by Gasteiger charge is 2.29. The van der Waals surface area contributed by atoms with E-state index in [9.17, 15) is 9.36 Å². The van der Waals surface area contributed by atoms with E-state index >= 15 is 0 Å². The zero-order chi connectivity index (χ0) is 17.1. The molecule has 130 valence electrons. The quantitative estimate of drug-likeness (QED) is 0.317. The van der Waals surface area contributed by atoms with Gasteiger partial charge in [-0.05, 0) is 26.0 Å². The van der Waals surface area contributed by atoms with Crippen LogP contribution in [0.5, 0.6) is 5.75 Å². The lowest BCUT2D eigenvalue weighted by molar-refractivity contribution is -0.144. The maximum atomic E-state index is 13.1. The summed E-state index contributed by atoms with van der Waals surface area (Å²) < 4.78 is 23.6. The molecular formula is C15H26N3O4P. The molecule has 7 nitrogen and oxygen atoms in total. The van der Waals surface area contributed by atoms with E-state index in [0.717, 1.165) is 0 Å². The molecule has 0 amide bonds. The standard InChI is InChI=1S/C15H26N3O4P/c1-3-21-15(19)13(2)18-23(20,12-11-17-10-9-16)22-14-7-5-4-6-8-14/h4-8,13,17H,3,9-12,16H2,1-2H3,(H,18,20)/t13-,23?/m0/s1. The Morgan fingerprint density at radius 3 is 2.61 bits per heavy atom. The molecule has 0 aliphatic carbocycles. The number of nitrogens with one attached hydrogen (secondary N) is 2. The third-order valence-corrected chi connectivity index (χ3v) is 5.03. The molecule has 0 heterocycles. The van der Waals surface area contributed by atoms with Crippen LogP contribution in [0.15, 0.2) is 30.3 Å². The first-order valence-electron chi connectivity index (χ1n) is 7.69. The highest BCUT2D eigenvalue weighted by atomic mass is 31.2. The van der Waals surface area contributed by atoms with Crippen LogP contribution in [0.1, 0.15) is 13.8 Å². The Bertz CT molecular complexity index is 513. The minimum atomic E-state index is -3.27. The van der Waals surface area contributed by atoms with Crippen molar-refractivity contribution in [1.82, 2.24) is 10.4 Å². The van der Waals surface area contributed by atoms with Crippen molar-refractivity contribution in [3.63, 3.8) is 0 Å². The summed E-state index contributed by atoms with van der Waals surface area (Å²) in [7, 11) is -3.27. The largest absolute Gasteiger partial charge is 0.465 e. The van der Waals surface area contributed by atoms with E-state index in [4.69, 9.17) is 15.0 Å². The molecule has 0 aliphatic rings. The first kappa shape index (κ1) is 19.6. The number of ether oxygens (including phenoxy) is 1. The van der Waals surface area contributed by atoms with Crippen molar-refractivity contribution in [2.75, 3.05) is 32.4 Å². The summed E-state index contributed by atoms with van der Waals surface area (Å²) in [6.07, 6.45) is 0.228. The Hall–Kier alpha value is -1.40. The van der Waals surface area contributed by atoms with Crippen LogP contribution in [0, 0.1) is 0 Å². The van der Waals surface area contributed by atoms with Crippen molar-refractivity contribution in [3.05, 3.63) is 30.3 Å². The van der Waals surface area contributed by atoms with Crippen LogP contribution in [0.4, 0.5) is 0 Å². The number of hydrogen-bond acceptors (Lipinski definition) is 6. The summed E-state index contributed by atoms with van der Waals surface area (Å²) in [5, 5.41) is 5.86. The van der Waals surface area contributed by atoms with E-state index in [2.05, 4.69) is 10.4 Å². The van der Waals surface area contributed by atoms with Crippen LogP contribution in [0.2, 0.25) is 0 Å². The van der Waals surface area contributed by atoms with Crippen LogP contribution in [-0.4, -0.2) is 44.4 Å². The van der Waals surface area contributed by atoms with E-state index in [1.54, 1.807) is 38.1 Å². The van der Waals surface area contributed by atoms with Gasteiger partial charge in [0.05, 0.1) is 12.8 Å². The number of esters is 1. The number of para-hydroxylation sites is 1. The topological polar surface area (TPSA) is 103 Å². The third-order valence-electron chi connectivity index (χ3n) is 2.93. The molecule has 0 saturated carbocycles. The lowest BCUT2D eigenvalue weighted by Crippen LogP contribution is -2.36. The summed E-state index contributed by atoms with van der Waals surface area (Å²) in [4.78, 5) is 11.8. The van der Waals surface area contributed by atoms with Gasteiger partial charge in [-0.2, -0.15) is 0 Å². The molecule has 0 saturated heterocycles. The summed E-state index contributed by atoms with van der Waals surface area (Å²) in [6, 6.07) is 8.14. The first-order chi connectivity index (χ1) is 11.0. The number of nitrogens with two attached hydrogens (primary N) is 1. The van der Waals surface area contributed by atoms with E-state index in [1.807, 2.05) is 6.07 Å². The van der Waals surface area contributed by atoms with Gasteiger partial charge in [-0.25, -0.2) is 5.09 Å². The third kappa shape index (κ3) is 7.61. The molecule has 1 aromatic rings. The van der Waals surface area contributed by atoms with Crippen LogP contribution in [-0.2, 0) is 14.1 Å². The monoisotopic (exact) mass is 343 g/mol.